The maximum Gasteiger partial charge on any atom is 0.191 e. The summed E-state index contributed by atoms with van der Waals surface area (Å²) in [5, 5.41) is 6.84. The molecule has 1 aliphatic heterocycles. The van der Waals surface area contributed by atoms with Gasteiger partial charge >= 0.3 is 0 Å². The first-order valence-corrected chi connectivity index (χ1v) is 9.11. The van der Waals surface area contributed by atoms with Crippen molar-refractivity contribution < 1.29 is 9.47 Å². The first kappa shape index (κ1) is 22.8. The van der Waals surface area contributed by atoms with Gasteiger partial charge in [0.2, 0.25) is 0 Å². The van der Waals surface area contributed by atoms with Gasteiger partial charge in [0, 0.05) is 26.2 Å². The van der Waals surface area contributed by atoms with Crippen LogP contribution in [0.15, 0.2) is 23.2 Å². The standard InChI is InChI=1S/C19H32N4O2.HI/c1-5-23-12-6-7-16(23)14-22-19(20-2)21-11-10-15-8-9-17(24-3)18(13-15)25-4;/h8-9,13,16H,5-7,10-12,14H2,1-4H3,(H2,20,21,22);1H. The van der Waals surface area contributed by atoms with Gasteiger partial charge in [-0.25, -0.2) is 0 Å². The molecule has 1 fully saturated rings. The highest BCUT2D eigenvalue weighted by atomic mass is 127. The number of nitrogens with one attached hydrogen (secondary N) is 2. The number of hydrogen-bond acceptors (Lipinski definition) is 4. The number of guanidine groups is 1. The van der Waals surface area contributed by atoms with Crippen molar-refractivity contribution in [1.82, 2.24) is 15.5 Å². The zero-order valence-electron chi connectivity index (χ0n) is 16.4. The number of likely N-dealkylation sites (N-methyl/N-ethyl adjacent to an activating group) is 1. The fourth-order valence-corrected chi connectivity index (χ4v) is 3.34. The molecule has 1 saturated heterocycles. The van der Waals surface area contributed by atoms with Crippen LogP contribution in [0.5, 0.6) is 11.5 Å². The van der Waals surface area contributed by atoms with Gasteiger partial charge in [0.1, 0.15) is 0 Å². The molecule has 0 amide bonds. The summed E-state index contributed by atoms with van der Waals surface area (Å²) in [7, 11) is 5.13. The lowest BCUT2D eigenvalue weighted by Gasteiger charge is -2.24. The van der Waals surface area contributed by atoms with Gasteiger partial charge in [0.25, 0.3) is 0 Å². The molecule has 148 valence electrons. The quantitative estimate of drug-likeness (QED) is 0.343. The number of ether oxygens (including phenoxy) is 2. The minimum atomic E-state index is 0. The number of rotatable bonds is 8. The second-order valence-corrected chi connectivity index (χ2v) is 6.24. The third-order valence-corrected chi connectivity index (χ3v) is 4.79. The molecule has 1 aromatic carbocycles. The van der Waals surface area contributed by atoms with E-state index >= 15 is 0 Å². The number of methoxy groups -OCH3 is 2. The van der Waals surface area contributed by atoms with Crippen LogP contribution in [0.1, 0.15) is 25.3 Å². The average molecular weight is 476 g/mol. The van der Waals surface area contributed by atoms with E-state index in [9.17, 15) is 0 Å². The van der Waals surface area contributed by atoms with Gasteiger partial charge < -0.3 is 20.1 Å². The molecule has 2 N–H and O–H groups in total. The van der Waals surface area contributed by atoms with E-state index in [-0.39, 0.29) is 24.0 Å². The molecule has 0 aromatic heterocycles. The van der Waals surface area contributed by atoms with Gasteiger partial charge in [-0.15, -0.1) is 24.0 Å². The molecule has 0 aliphatic carbocycles. The molecule has 1 aliphatic rings. The normalized spacial score (nSPS) is 17.5. The molecule has 0 bridgehead atoms. The highest BCUT2D eigenvalue weighted by Gasteiger charge is 2.22. The van der Waals surface area contributed by atoms with E-state index < -0.39 is 0 Å². The van der Waals surface area contributed by atoms with E-state index in [4.69, 9.17) is 9.47 Å². The first-order valence-electron chi connectivity index (χ1n) is 9.11. The first-order chi connectivity index (χ1) is 12.2. The van der Waals surface area contributed by atoms with Crippen LogP contribution in [0.4, 0.5) is 0 Å². The number of aliphatic imine (C=N–C) groups is 1. The van der Waals surface area contributed by atoms with Crippen molar-refractivity contribution in [3.05, 3.63) is 23.8 Å². The Labute approximate surface area is 174 Å². The van der Waals surface area contributed by atoms with Crippen molar-refractivity contribution in [2.75, 3.05) is 47.4 Å². The number of nitrogens with zero attached hydrogens (tertiary/aromatic N) is 2. The van der Waals surface area contributed by atoms with Crippen molar-refractivity contribution >= 4 is 29.9 Å². The fourth-order valence-electron chi connectivity index (χ4n) is 3.34. The van der Waals surface area contributed by atoms with Crippen LogP contribution >= 0.6 is 24.0 Å². The Morgan fingerprint density at radius 1 is 1.23 bits per heavy atom. The van der Waals surface area contributed by atoms with Gasteiger partial charge in [-0.05, 0) is 50.0 Å². The van der Waals surface area contributed by atoms with Crippen molar-refractivity contribution in [3.8, 4) is 11.5 Å². The van der Waals surface area contributed by atoms with Crippen LogP contribution in [0.3, 0.4) is 0 Å². The van der Waals surface area contributed by atoms with E-state index in [1.54, 1.807) is 14.2 Å². The van der Waals surface area contributed by atoms with Crippen LogP contribution in [-0.2, 0) is 6.42 Å². The second kappa shape index (κ2) is 12.2. The second-order valence-electron chi connectivity index (χ2n) is 6.24. The number of halogens is 1. The summed E-state index contributed by atoms with van der Waals surface area (Å²) >= 11 is 0. The van der Waals surface area contributed by atoms with E-state index in [1.165, 1.54) is 24.9 Å². The fraction of sp³-hybridized carbons (Fsp3) is 0.632. The molecule has 1 aromatic rings. The van der Waals surface area contributed by atoms with Crippen LogP contribution < -0.4 is 20.1 Å². The largest absolute Gasteiger partial charge is 0.493 e. The predicted molar refractivity (Wildman–Crippen MR) is 118 cm³/mol. The van der Waals surface area contributed by atoms with Crippen molar-refractivity contribution in [2.45, 2.75) is 32.2 Å². The summed E-state index contributed by atoms with van der Waals surface area (Å²) < 4.78 is 10.6. The molecule has 0 radical (unpaired) electrons. The van der Waals surface area contributed by atoms with E-state index in [0.29, 0.717) is 6.04 Å². The summed E-state index contributed by atoms with van der Waals surface area (Å²) in [6, 6.07) is 6.65. The molecule has 1 unspecified atom stereocenters. The SMILES string of the molecule is CCN1CCCC1CNC(=NC)NCCc1ccc(OC)c(OC)c1.I. The highest BCUT2D eigenvalue weighted by Crippen LogP contribution is 2.27. The van der Waals surface area contributed by atoms with Gasteiger partial charge in [-0.1, -0.05) is 13.0 Å². The number of benzene rings is 1. The van der Waals surface area contributed by atoms with Crippen LogP contribution in [0.25, 0.3) is 0 Å². The van der Waals surface area contributed by atoms with Gasteiger partial charge in [0.05, 0.1) is 14.2 Å². The summed E-state index contributed by atoms with van der Waals surface area (Å²) in [4.78, 5) is 6.86. The van der Waals surface area contributed by atoms with Gasteiger partial charge in [-0.3, -0.25) is 9.89 Å². The third kappa shape index (κ3) is 6.50. The Morgan fingerprint density at radius 2 is 2.00 bits per heavy atom. The van der Waals surface area contributed by atoms with E-state index in [1.807, 2.05) is 19.2 Å². The summed E-state index contributed by atoms with van der Waals surface area (Å²) in [5.41, 5.74) is 1.20. The maximum absolute atomic E-state index is 5.36. The summed E-state index contributed by atoms with van der Waals surface area (Å²) in [5.74, 6) is 2.39. The number of likely N-dealkylation sites (tertiary alicyclic amines) is 1. The van der Waals surface area contributed by atoms with Crippen molar-refractivity contribution in [2.24, 2.45) is 4.99 Å². The lowest BCUT2D eigenvalue weighted by Crippen LogP contribution is -2.45. The Balaban J connectivity index is 0.00000338. The van der Waals surface area contributed by atoms with Gasteiger partial charge in [0.15, 0.2) is 17.5 Å². The predicted octanol–water partition coefficient (Wildman–Crippen LogP) is 2.51. The van der Waals surface area contributed by atoms with Crippen molar-refractivity contribution in [3.63, 3.8) is 0 Å². The molecule has 7 heteroatoms. The smallest absolute Gasteiger partial charge is 0.191 e. The Morgan fingerprint density at radius 3 is 2.65 bits per heavy atom. The monoisotopic (exact) mass is 476 g/mol. The highest BCUT2D eigenvalue weighted by molar-refractivity contribution is 14.0. The van der Waals surface area contributed by atoms with Crippen molar-refractivity contribution in [1.29, 1.82) is 0 Å². The zero-order chi connectivity index (χ0) is 18.1. The molecule has 0 spiro atoms. The van der Waals surface area contributed by atoms with Crippen LogP contribution in [0.2, 0.25) is 0 Å². The third-order valence-electron chi connectivity index (χ3n) is 4.79. The molecule has 0 saturated carbocycles. The Bertz CT molecular complexity index is 568. The summed E-state index contributed by atoms with van der Waals surface area (Å²) in [6.45, 7) is 6.33. The van der Waals surface area contributed by atoms with E-state index in [0.717, 1.165) is 43.5 Å². The van der Waals surface area contributed by atoms with Crippen LogP contribution in [0, 0.1) is 0 Å². The Hall–Kier alpha value is -1.22. The number of hydrogen-bond donors (Lipinski definition) is 2. The Kier molecular flexibility index (Phi) is 10.7. The minimum Gasteiger partial charge on any atom is -0.493 e. The molecule has 6 nitrogen and oxygen atoms in total. The van der Waals surface area contributed by atoms with Crippen LogP contribution in [-0.4, -0.2) is 64.3 Å². The van der Waals surface area contributed by atoms with Gasteiger partial charge in [-0.2, -0.15) is 0 Å². The maximum atomic E-state index is 5.36. The molecule has 1 atom stereocenters. The van der Waals surface area contributed by atoms with E-state index in [2.05, 4.69) is 33.5 Å². The zero-order valence-corrected chi connectivity index (χ0v) is 18.7. The average Bonchev–Trinajstić information content (AvgIpc) is 3.11. The lowest BCUT2D eigenvalue weighted by atomic mass is 10.1. The molecule has 1 heterocycles. The molecule has 26 heavy (non-hydrogen) atoms. The summed E-state index contributed by atoms with van der Waals surface area (Å²) in [6.07, 6.45) is 3.46. The molecular formula is C19H33IN4O2. The molecule has 2 rings (SSSR count). The molecular weight excluding hydrogens is 443 g/mol. The minimum absolute atomic E-state index is 0. The lowest BCUT2D eigenvalue weighted by molar-refractivity contribution is 0.267. The topological polar surface area (TPSA) is 58.1 Å².